The number of aliphatic hydroxyl groups is 1. The van der Waals surface area contributed by atoms with Gasteiger partial charge in [0.15, 0.2) is 0 Å². The van der Waals surface area contributed by atoms with Crippen LogP contribution in [-0.2, 0) is 16.1 Å². The van der Waals surface area contributed by atoms with Crippen molar-refractivity contribution in [1.82, 2.24) is 0 Å². The smallest absolute Gasteiger partial charge is 0.103 e. The van der Waals surface area contributed by atoms with Crippen LogP contribution in [0.5, 0.6) is 0 Å². The van der Waals surface area contributed by atoms with Crippen LogP contribution in [0.4, 0.5) is 5.69 Å². The summed E-state index contributed by atoms with van der Waals surface area (Å²) in [5, 5.41) is 12.5. The van der Waals surface area contributed by atoms with Crippen molar-refractivity contribution in [2.24, 2.45) is 0 Å². The normalized spacial score (nSPS) is 26.7. The Bertz CT molecular complexity index is 383. The van der Waals surface area contributed by atoms with Crippen molar-refractivity contribution in [3.8, 4) is 0 Å². The highest BCUT2D eigenvalue weighted by atomic mass is 16.5. The van der Waals surface area contributed by atoms with Gasteiger partial charge >= 0.3 is 0 Å². The molecular weight excluding hydrogens is 230 g/mol. The summed E-state index contributed by atoms with van der Waals surface area (Å²) in [5.41, 5.74) is 1.93. The Balaban J connectivity index is 1.93. The second-order valence-electron chi connectivity index (χ2n) is 4.54. The van der Waals surface area contributed by atoms with E-state index in [0.29, 0.717) is 0 Å². The highest BCUT2D eigenvalue weighted by Crippen LogP contribution is 2.30. The van der Waals surface area contributed by atoms with E-state index >= 15 is 0 Å². The van der Waals surface area contributed by atoms with Crippen molar-refractivity contribution >= 4 is 5.69 Å². The summed E-state index contributed by atoms with van der Waals surface area (Å²) in [6.07, 6.45) is 1.25. The van der Waals surface area contributed by atoms with Crippen LogP contribution in [0.25, 0.3) is 0 Å². The molecule has 1 aliphatic carbocycles. The average molecular weight is 251 g/mol. The first kappa shape index (κ1) is 13.3. The Kier molecular flexibility index (Phi) is 4.58. The monoisotopic (exact) mass is 251 g/mol. The van der Waals surface area contributed by atoms with Gasteiger partial charge in [-0.1, -0.05) is 12.1 Å². The molecule has 4 heteroatoms. The zero-order valence-corrected chi connectivity index (χ0v) is 10.9. The van der Waals surface area contributed by atoms with E-state index in [0.717, 1.165) is 24.3 Å². The quantitative estimate of drug-likeness (QED) is 0.809. The van der Waals surface area contributed by atoms with E-state index in [9.17, 15) is 0 Å². The van der Waals surface area contributed by atoms with E-state index in [1.54, 1.807) is 7.11 Å². The summed E-state index contributed by atoms with van der Waals surface area (Å²) in [5.74, 6) is 0. The Morgan fingerprint density at radius 1 is 1.44 bits per heavy atom. The predicted octanol–water partition coefficient (Wildman–Crippen LogP) is 1.78. The van der Waals surface area contributed by atoms with Gasteiger partial charge in [-0.2, -0.15) is 0 Å². The molecule has 0 heterocycles. The Morgan fingerprint density at radius 2 is 2.28 bits per heavy atom. The molecule has 1 fully saturated rings. The van der Waals surface area contributed by atoms with Crippen LogP contribution in [0.2, 0.25) is 0 Å². The highest BCUT2D eigenvalue weighted by molar-refractivity contribution is 5.47. The van der Waals surface area contributed by atoms with Crippen LogP contribution in [-0.4, -0.2) is 37.1 Å². The number of nitrogens with one attached hydrogen (secondary N) is 1. The third kappa shape index (κ3) is 2.83. The van der Waals surface area contributed by atoms with Gasteiger partial charge in [-0.3, -0.25) is 0 Å². The molecule has 4 nitrogen and oxygen atoms in total. The summed E-state index contributed by atoms with van der Waals surface area (Å²) < 4.78 is 11.0. The first-order valence-corrected chi connectivity index (χ1v) is 6.39. The molecule has 1 aromatic rings. The minimum atomic E-state index is 0.0649. The van der Waals surface area contributed by atoms with Crippen LogP contribution in [0.1, 0.15) is 18.9 Å². The first-order chi connectivity index (χ1) is 8.78. The number of rotatable bonds is 6. The number of aliphatic hydroxyl groups excluding tert-OH is 1. The van der Waals surface area contributed by atoms with Gasteiger partial charge in [0.05, 0.1) is 18.8 Å². The van der Waals surface area contributed by atoms with Gasteiger partial charge < -0.3 is 19.9 Å². The number of ether oxygens (including phenoxy) is 2. The van der Waals surface area contributed by atoms with Gasteiger partial charge in [0.2, 0.25) is 0 Å². The Hall–Kier alpha value is -1.10. The molecule has 18 heavy (non-hydrogen) atoms. The van der Waals surface area contributed by atoms with Crippen molar-refractivity contribution in [2.75, 3.05) is 19.0 Å². The van der Waals surface area contributed by atoms with E-state index in [1.165, 1.54) is 0 Å². The number of anilines is 1. The zero-order valence-electron chi connectivity index (χ0n) is 10.9. The lowest BCUT2D eigenvalue weighted by Gasteiger charge is -2.43. The molecule has 0 bridgehead atoms. The fourth-order valence-corrected chi connectivity index (χ4v) is 2.39. The molecule has 1 aromatic carbocycles. The summed E-state index contributed by atoms with van der Waals surface area (Å²) in [7, 11) is 1.72. The molecule has 0 aliphatic heterocycles. The standard InChI is InChI=1S/C14H21NO3/c1-3-18-13-8-12(14(13)17-2)15-11-6-4-5-10(7-11)9-16/h4-7,12-16H,3,8-9H2,1-2H3. The average Bonchev–Trinajstić information content (AvgIpc) is 2.38. The maximum atomic E-state index is 9.11. The van der Waals surface area contributed by atoms with E-state index in [-0.39, 0.29) is 24.9 Å². The predicted molar refractivity (Wildman–Crippen MR) is 70.6 cm³/mol. The summed E-state index contributed by atoms with van der Waals surface area (Å²) >= 11 is 0. The molecule has 100 valence electrons. The Morgan fingerprint density at radius 3 is 2.94 bits per heavy atom. The molecular formula is C14H21NO3. The maximum absolute atomic E-state index is 9.11. The number of methoxy groups -OCH3 is 1. The van der Waals surface area contributed by atoms with Crippen LogP contribution in [0.15, 0.2) is 24.3 Å². The molecule has 0 radical (unpaired) electrons. The van der Waals surface area contributed by atoms with Crippen molar-refractivity contribution in [1.29, 1.82) is 0 Å². The van der Waals surface area contributed by atoms with E-state index < -0.39 is 0 Å². The van der Waals surface area contributed by atoms with Crippen molar-refractivity contribution in [3.05, 3.63) is 29.8 Å². The second-order valence-corrected chi connectivity index (χ2v) is 4.54. The fourth-order valence-electron chi connectivity index (χ4n) is 2.39. The number of benzene rings is 1. The summed E-state index contributed by atoms with van der Waals surface area (Å²) in [4.78, 5) is 0. The lowest BCUT2D eigenvalue weighted by atomic mass is 9.85. The van der Waals surface area contributed by atoms with Crippen molar-refractivity contribution in [3.63, 3.8) is 0 Å². The van der Waals surface area contributed by atoms with E-state index in [1.807, 2.05) is 31.2 Å². The number of hydrogen-bond donors (Lipinski definition) is 2. The van der Waals surface area contributed by atoms with Gasteiger partial charge in [-0.05, 0) is 31.0 Å². The van der Waals surface area contributed by atoms with Crippen molar-refractivity contribution in [2.45, 2.75) is 38.2 Å². The Labute approximate surface area is 108 Å². The molecule has 2 rings (SSSR count). The molecule has 0 amide bonds. The van der Waals surface area contributed by atoms with E-state index in [2.05, 4.69) is 5.32 Å². The molecule has 0 aromatic heterocycles. The topological polar surface area (TPSA) is 50.7 Å². The minimum Gasteiger partial charge on any atom is -0.392 e. The fraction of sp³-hybridized carbons (Fsp3) is 0.571. The maximum Gasteiger partial charge on any atom is 0.103 e. The second kappa shape index (κ2) is 6.18. The molecule has 3 unspecified atom stereocenters. The molecule has 1 saturated carbocycles. The lowest BCUT2D eigenvalue weighted by Crippen LogP contribution is -2.56. The van der Waals surface area contributed by atoms with Crippen molar-refractivity contribution < 1.29 is 14.6 Å². The molecule has 3 atom stereocenters. The van der Waals surface area contributed by atoms with Gasteiger partial charge in [-0.25, -0.2) is 0 Å². The summed E-state index contributed by atoms with van der Waals surface area (Å²) in [6.45, 7) is 2.78. The summed E-state index contributed by atoms with van der Waals surface area (Å²) in [6, 6.07) is 8.08. The third-order valence-electron chi connectivity index (χ3n) is 3.36. The molecule has 1 aliphatic rings. The molecule has 0 saturated heterocycles. The van der Waals surface area contributed by atoms with E-state index in [4.69, 9.17) is 14.6 Å². The highest BCUT2D eigenvalue weighted by Gasteiger charge is 2.42. The largest absolute Gasteiger partial charge is 0.392 e. The molecule has 0 spiro atoms. The first-order valence-electron chi connectivity index (χ1n) is 6.39. The third-order valence-corrected chi connectivity index (χ3v) is 3.36. The van der Waals surface area contributed by atoms with Crippen LogP contribution >= 0.6 is 0 Å². The van der Waals surface area contributed by atoms with Gasteiger partial charge in [0, 0.05) is 19.4 Å². The molecule has 2 N–H and O–H groups in total. The lowest BCUT2D eigenvalue weighted by molar-refractivity contribution is -0.118. The zero-order chi connectivity index (χ0) is 13.0. The van der Waals surface area contributed by atoms with Gasteiger partial charge in [0.1, 0.15) is 6.10 Å². The van der Waals surface area contributed by atoms with Crippen LogP contribution in [0, 0.1) is 0 Å². The van der Waals surface area contributed by atoms with Gasteiger partial charge in [-0.15, -0.1) is 0 Å². The SMILES string of the molecule is CCOC1CC(Nc2cccc(CO)c2)C1OC. The van der Waals surface area contributed by atoms with Crippen LogP contribution in [0.3, 0.4) is 0 Å². The van der Waals surface area contributed by atoms with Crippen LogP contribution < -0.4 is 5.32 Å². The van der Waals surface area contributed by atoms with Gasteiger partial charge in [0.25, 0.3) is 0 Å². The number of hydrogen-bond acceptors (Lipinski definition) is 4. The minimum absolute atomic E-state index is 0.0649.